The maximum atomic E-state index is 12.5. The van der Waals surface area contributed by atoms with Gasteiger partial charge in [0.25, 0.3) is 0 Å². The van der Waals surface area contributed by atoms with E-state index in [-0.39, 0.29) is 18.1 Å². The van der Waals surface area contributed by atoms with Crippen LogP contribution in [0, 0.1) is 6.92 Å². The number of rotatable bonds is 5. The summed E-state index contributed by atoms with van der Waals surface area (Å²) in [6.45, 7) is 5.44. The van der Waals surface area contributed by atoms with Gasteiger partial charge in [-0.15, -0.1) is 0 Å². The number of carbonyl (C=O) groups is 1. The van der Waals surface area contributed by atoms with Gasteiger partial charge >= 0.3 is 0 Å². The van der Waals surface area contributed by atoms with Gasteiger partial charge in [0.15, 0.2) is 0 Å². The van der Waals surface area contributed by atoms with Crippen molar-refractivity contribution < 1.29 is 9.53 Å². The molecule has 1 amide bonds. The molecule has 0 N–H and O–H groups in total. The molecule has 0 unspecified atom stereocenters. The Bertz CT molecular complexity index is 613. The van der Waals surface area contributed by atoms with E-state index in [0.29, 0.717) is 13.1 Å². The number of carbonyl (C=O) groups excluding carboxylic acids is 1. The molecule has 0 radical (unpaired) electrons. The summed E-state index contributed by atoms with van der Waals surface area (Å²) in [5.74, 6) is 1.06. The predicted octanol–water partition coefficient (Wildman–Crippen LogP) is 3.04. The lowest BCUT2D eigenvalue weighted by molar-refractivity contribution is -0.143. The minimum absolute atomic E-state index is 0.102. The number of likely N-dealkylation sites (tertiary alicyclic amines) is 1. The fourth-order valence-corrected chi connectivity index (χ4v) is 2.78. The van der Waals surface area contributed by atoms with E-state index >= 15 is 0 Å². The summed E-state index contributed by atoms with van der Waals surface area (Å²) in [6, 6.07) is 11.8. The van der Waals surface area contributed by atoms with E-state index in [9.17, 15) is 4.79 Å². The minimum atomic E-state index is -0.102. The van der Waals surface area contributed by atoms with Crippen molar-refractivity contribution in [2.75, 3.05) is 13.1 Å². The topological polar surface area (TPSA) is 34.5 Å². The van der Waals surface area contributed by atoms with Crippen molar-refractivity contribution in [1.82, 2.24) is 9.47 Å². The van der Waals surface area contributed by atoms with E-state index in [1.165, 1.54) is 5.56 Å². The number of hydrogen-bond acceptors (Lipinski definition) is 2. The van der Waals surface area contributed by atoms with Crippen LogP contribution in [-0.2, 0) is 4.79 Å². The molecule has 4 nitrogen and oxygen atoms in total. The van der Waals surface area contributed by atoms with E-state index < -0.39 is 0 Å². The van der Waals surface area contributed by atoms with Crippen LogP contribution >= 0.6 is 0 Å². The second-order valence-corrected chi connectivity index (χ2v) is 5.85. The normalized spacial score (nSPS) is 16.2. The zero-order chi connectivity index (χ0) is 15.5. The average Bonchev–Trinajstić information content (AvgIpc) is 2.99. The fraction of sp³-hybridized carbons (Fsp3) is 0.389. The Morgan fingerprint density at radius 1 is 1.23 bits per heavy atom. The molecule has 22 heavy (non-hydrogen) atoms. The monoisotopic (exact) mass is 298 g/mol. The van der Waals surface area contributed by atoms with Gasteiger partial charge in [0.05, 0.1) is 13.1 Å². The zero-order valence-electron chi connectivity index (χ0n) is 13.1. The number of aromatic nitrogens is 1. The fourth-order valence-electron chi connectivity index (χ4n) is 2.78. The Balaban J connectivity index is 1.54. The molecule has 0 saturated carbocycles. The van der Waals surface area contributed by atoms with E-state index in [1.807, 2.05) is 65.2 Å². The maximum Gasteiger partial charge on any atom is 0.245 e. The lowest BCUT2D eigenvalue weighted by atomic mass is 10.1. The van der Waals surface area contributed by atoms with Gasteiger partial charge < -0.3 is 14.2 Å². The van der Waals surface area contributed by atoms with E-state index in [1.54, 1.807) is 0 Å². The molecule has 2 heterocycles. The predicted molar refractivity (Wildman–Crippen MR) is 85.9 cm³/mol. The van der Waals surface area contributed by atoms with Crippen molar-refractivity contribution >= 4 is 5.91 Å². The van der Waals surface area contributed by atoms with E-state index in [4.69, 9.17) is 4.74 Å². The Labute approximate surface area is 131 Å². The van der Waals surface area contributed by atoms with Crippen LogP contribution in [0.15, 0.2) is 48.8 Å². The van der Waals surface area contributed by atoms with Gasteiger partial charge in [-0.1, -0.05) is 24.6 Å². The van der Waals surface area contributed by atoms with Crippen LogP contribution in [-0.4, -0.2) is 34.6 Å². The van der Waals surface area contributed by atoms with Crippen molar-refractivity contribution in [3.8, 4) is 5.75 Å². The zero-order valence-corrected chi connectivity index (χ0v) is 13.1. The van der Waals surface area contributed by atoms with Crippen LogP contribution in [0.25, 0.3) is 0 Å². The van der Waals surface area contributed by atoms with Crippen LogP contribution in [0.1, 0.15) is 24.9 Å². The summed E-state index contributed by atoms with van der Waals surface area (Å²) < 4.78 is 7.87. The third kappa shape index (κ3) is 3.01. The van der Waals surface area contributed by atoms with Gasteiger partial charge in [0, 0.05) is 12.4 Å². The smallest absolute Gasteiger partial charge is 0.245 e. The number of nitrogens with zero attached hydrogens (tertiary/aromatic N) is 2. The highest BCUT2D eigenvalue weighted by Crippen LogP contribution is 2.23. The van der Waals surface area contributed by atoms with Crippen LogP contribution < -0.4 is 4.74 Å². The standard InChI is InChI=1S/C18H22N2O2/c1-3-17(19-10-4-5-11-19)18(21)20-12-16(13-20)22-15-8-6-14(2)7-9-15/h4-11,16-17H,3,12-13H2,1-2H3/t17-/m1/s1. The van der Waals surface area contributed by atoms with Crippen LogP contribution in [0.2, 0.25) is 0 Å². The maximum absolute atomic E-state index is 12.5. The van der Waals surface area contributed by atoms with Crippen LogP contribution in [0.5, 0.6) is 5.75 Å². The molecule has 1 atom stereocenters. The molecule has 3 rings (SSSR count). The third-order valence-electron chi connectivity index (χ3n) is 4.14. The molecule has 1 aromatic carbocycles. The first-order valence-electron chi connectivity index (χ1n) is 7.82. The van der Waals surface area contributed by atoms with E-state index in [0.717, 1.165) is 12.2 Å². The van der Waals surface area contributed by atoms with Gasteiger partial charge in [0.2, 0.25) is 5.91 Å². The summed E-state index contributed by atoms with van der Waals surface area (Å²) in [5, 5.41) is 0. The molecule has 2 aromatic rings. The highest BCUT2D eigenvalue weighted by atomic mass is 16.5. The Hall–Kier alpha value is -2.23. The Morgan fingerprint density at radius 2 is 1.86 bits per heavy atom. The third-order valence-corrected chi connectivity index (χ3v) is 4.14. The number of hydrogen-bond donors (Lipinski definition) is 0. The van der Waals surface area contributed by atoms with Gasteiger partial charge in [0.1, 0.15) is 17.9 Å². The average molecular weight is 298 g/mol. The Kier molecular flexibility index (Phi) is 4.18. The van der Waals surface area contributed by atoms with Crippen molar-refractivity contribution in [1.29, 1.82) is 0 Å². The van der Waals surface area contributed by atoms with Crippen molar-refractivity contribution in [2.24, 2.45) is 0 Å². The largest absolute Gasteiger partial charge is 0.487 e. The molecule has 1 saturated heterocycles. The van der Waals surface area contributed by atoms with Crippen LogP contribution in [0.4, 0.5) is 0 Å². The Morgan fingerprint density at radius 3 is 2.45 bits per heavy atom. The molecule has 1 aliphatic heterocycles. The van der Waals surface area contributed by atoms with Gasteiger partial charge in [-0.2, -0.15) is 0 Å². The van der Waals surface area contributed by atoms with Crippen LogP contribution in [0.3, 0.4) is 0 Å². The summed E-state index contributed by atoms with van der Waals surface area (Å²) in [5.41, 5.74) is 1.22. The summed E-state index contributed by atoms with van der Waals surface area (Å²) >= 11 is 0. The molecule has 1 aliphatic rings. The number of benzene rings is 1. The van der Waals surface area contributed by atoms with E-state index in [2.05, 4.69) is 6.92 Å². The molecule has 116 valence electrons. The van der Waals surface area contributed by atoms with Crippen molar-refractivity contribution in [3.05, 3.63) is 54.4 Å². The number of amides is 1. The first-order valence-corrected chi connectivity index (χ1v) is 7.82. The molecule has 1 aromatic heterocycles. The number of ether oxygens (including phenoxy) is 1. The number of aryl methyl sites for hydroxylation is 1. The summed E-state index contributed by atoms with van der Waals surface area (Å²) in [7, 11) is 0. The second kappa shape index (κ2) is 6.26. The molecule has 4 heteroatoms. The molecule has 0 bridgehead atoms. The first-order chi connectivity index (χ1) is 10.7. The lowest BCUT2D eigenvalue weighted by Gasteiger charge is -2.40. The lowest BCUT2D eigenvalue weighted by Crippen LogP contribution is -2.57. The molecule has 0 aliphatic carbocycles. The highest BCUT2D eigenvalue weighted by molar-refractivity contribution is 5.81. The quantitative estimate of drug-likeness (QED) is 0.850. The van der Waals surface area contributed by atoms with Gasteiger partial charge in [-0.3, -0.25) is 4.79 Å². The van der Waals surface area contributed by atoms with Gasteiger partial charge in [-0.25, -0.2) is 0 Å². The summed E-state index contributed by atoms with van der Waals surface area (Å²) in [4.78, 5) is 14.4. The van der Waals surface area contributed by atoms with Crippen molar-refractivity contribution in [2.45, 2.75) is 32.4 Å². The van der Waals surface area contributed by atoms with Gasteiger partial charge in [-0.05, 0) is 37.6 Å². The molecule has 1 fully saturated rings. The SMILES string of the molecule is CC[C@H](C(=O)N1CC(Oc2ccc(C)cc2)C1)n1cccc1. The molecular weight excluding hydrogens is 276 g/mol. The van der Waals surface area contributed by atoms with Crippen molar-refractivity contribution in [3.63, 3.8) is 0 Å². The molecule has 0 spiro atoms. The second-order valence-electron chi connectivity index (χ2n) is 5.85. The highest BCUT2D eigenvalue weighted by Gasteiger charge is 2.35. The summed E-state index contributed by atoms with van der Waals surface area (Å²) in [6.07, 6.45) is 4.81. The minimum Gasteiger partial charge on any atom is -0.487 e. The molecular formula is C18H22N2O2. The first kappa shape index (κ1) is 14.7.